The molecule has 0 amide bonds. The van der Waals surface area contributed by atoms with Crippen LogP contribution in [0.1, 0.15) is 16.7 Å². The molecule has 2 aromatic carbocycles. The minimum absolute atomic E-state index is 0.0834. The molecule has 2 heterocycles. The van der Waals surface area contributed by atoms with Crippen LogP contribution in [0.3, 0.4) is 0 Å². The first-order valence-corrected chi connectivity index (χ1v) is 8.94. The van der Waals surface area contributed by atoms with Crippen LogP contribution in [0.15, 0.2) is 52.3 Å². The van der Waals surface area contributed by atoms with E-state index in [1.165, 1.54) is 4.57 Å². The SMILES string of the molecule is Cc1ccc(-n2c(O)c(C=C3C=Nc4ccccc43)c(=O)[nH]c2=S)cc1Cl. The topological polar surface area (TPSA) is 70.4 Å². The van der Waals surface area contributed by atoms with Crippen LogP contribution in [0.2, 0.25) is 5.02 Å². The second-order valence-corrected chi connectivity index (χ2v) is 6.93. The number of rotatable bonds is 2. The van der Waals surface area contributed by atoms with Crippen molar-refractivity contribution >= 4 is 47.4 Å². The van der Waals surface area contributed by atoms with Gasteiger partial charge in [0.25, 0.3) is 5.56 Å². The molecule has 0 atom stereocenters. The van der Waals surface area contributed by atoms with Gasteiger partial charge in [-0.05, 0) is 49.0 Å². The quantitative estimate of drug-likeness (QED) is 0.611. The van der Waals surface area contributed by atoms with Gasteiger partial charge in [-0.1, -0.05) is 35.9 Å². The van der Waals surface area contributed by atoms with Crippen LogP contribution in [0.4, 0.5) is 5.69 Å². The number of allylic oxidation sites excluding steroid dienone is 1. The van der Waals surface area contributed by atoms with E-state index in [1.54, 1.807) is 24.4 Å². The van der Waals surface area contributed by atoms with Crippen molar-refractivity contribution in [2.45, 2.75) is 6.92 Å². The number of nitrogens with zero attached hydrogens (tertiary/aromatic N) is 2. The second-order valence-electron chi connectivity index (χ2n) is 6.14. The average molecular weight is 396 g/mol. The van der Waals surface area contributed by atoms with Gasteiger partial charge in [0.15, 0.2) is 4.77 Å². The highest BCUT2D eigenvalue weighted by Crippen LogP contribution is 2.33. The zero-order valence-corrected chi connectivity index (χ0v) is 15.8. The maximum absolute atomic E-state index is 12.5. The lowest BCUT2D eigenvalue weighted by atomic mass is 10.1. The van der Waals surface area contributed by atoms with Gasteiger partial charge in [-0.25, -0.2) is 0 Å². The number of hydrogen-bond acceptors (Lipinski definition) is 4. The second kappa shape index (κ2) is 6.64. The van der Waals surface area contributed by atoms with E-state index in [9.17, 15) is 9.90 Å². The van der Waals surface area contributed by atoms with E-state index in [0.717, 1.165) is 22.4 Å². The molecular weight excluding hydrogens is 382 g/mol. The van der Waals surface area contributed by atoms with E-state index in [2.05, 4.69) is 9.98 Å². The van der Waals surface area contributed by atoms with Crippen molar-refractivity contribution in [2.24, 2.45) is 4.99 Å². The van der Waals surface area contributed by atoms with Crippen LogP contribution in [0.25, 0.3) is 17.3 Å². The van der Waals surface area contributed by atoms with E-state index < -0.39 is 5.56 Å². The van der Waals surface area contributed by atoms with Gasteiger partial charge in [0, 0.05) is 22.4 Å². The van der Waals surface area contributed by atoms with Crippen LogP contribution in [-0.4, -0.2) is 20.9 Å². The van der Waals surface area contributed by atoms with Gasteiger partial charge in [0.2, 0.25) is 5.88 Å². The third-order valence-corrected chi connectivity index (χ3v) is 5.08. The summed E-state index contributed by atoms with van der Waals surface area (Å²) in [4.78, 5) is 19.4. The molecule has 1 aromatic heterocycles. The van der Waals surface area contributed by atoms with Gasteiger partial charge in [-0.15, -0.1) is 0 Å². The fourth-order valence-corrected chi connectivity index (χ4v) is 3.40. The highest BCUT2D eigenvalue weighted by atomic mass is 35.5. The van der Waals surface area contributed by atoms with Gasteiger partial charge in [-0.2, -0.15) is 0 Å². The molecule has 1 aliphatic heterocycles. The summed E-state index contributed by atoms with van der Waals surface area (Å²) in [6, 6.07) is 12.9. The van der Waals surface area contributed by atoms with Gasteiger partial charge in [0.1, 0.15) is 5.56 Å². The normalized spacial score (nSPS) is 13.9. The lowest BCUT2D eigenvalue weighted by molar-refractivity contribution is 0.432. The molecule has 3 aromatic rings. The van der Waals surface area contributed by atoms with E-state index in [0.29, 0.717) is 10.7 Å². The molecule has 0 fully saturated rings. The smallest absolute Gasteiger partial charge is 0.262 e. The fraction of sp³-hybridized carbons (Fsp3) is 0.0500. The van der Waals surface area contributed by atoms with E-state index in [4.69, 9.17) is 23.8 Å². The molecule has 0 saturated heterocycles. The predicted molar refractivity (Wildman–Crippen MR) is 111 cm³/mol. The third kappa shape index (κ3) is 3.03. The number of benzene rings is 2. The molecular formula is C20H14ClN3O2S. The van der Waals surface area contributed by atoms with Gasteiger partial charge < -0.3 is 5.11 Å². The molecule has 7 heteroatoms. The molecule has 0 unspecified atom stereocenters. The summed E-state index contributed by atoms with van der Waals surface area (Å²) in [6.45, 7) is 1.88. The van der Waals surface area contributed by atoms with Gasteiger partial charge in [-0.3, -0.25) is 19.3 Å². The number of aromatic nitrogens is 2. The molecule has 0 spiro atoms. The van der Waals surface area contributed by atoms with E-state index in [1.807, 2.05) is 37.3 Å². The largest absolute Gasteiger partial charge is 0.494 e. The highest BCUT2D eigenvalue weighted by molar-refractivity contribution is 7.71. The summed E-state index contributed by atoms with van der Waals surface area (Å²) in [5.41, 5.74) is 3.52. The van der Waals surface area contributed by atoms with Crippen LogP contribution in [0, 0.1) is 11.7 Å². The summed E-state index contributed by atoms with van der Waals surface area (Å²) in [5, 5.41) is 11.4. The summed E-state index contributed by atoms with van der Waals surface area (Å²) < 4.78 is 1.46. The predicted octanol–water partition coefficient (Wildman–Crippen LogP) is 4.82. The van der Waals surface area contributed by atoms with Crippen molar-refractivity contribution in [3.63, 3.8) is 0 Å². The molecule has 5 nitrogen and oxygen atoms in total. The molecule has 0 radical (unpaired) electrons. The number of halogens is 1. The Hall–Kier alpha value is -2.96. The summed E-state index contributed by atoms with van der Waals surface area (Å²) >= 11 is 11.5. The summed E-state index contributed by atoms with van der Waals surface area (Å²) in [6.07, 6.45) is 3.27. The number of H-pyrrole nitrogens is 1. The molecule has 0 saturated carbocycles. The fourth-order valence-electron chi connectivity index (χ4n) is 2.94. The number of aliphatic imine (C=N–C) groups is 1. The third-order valence-electron chi connectivity index (χ3n) is 4.39. The highest BCUT2D eigenvalue weighted by Gasteiger charge is 2.17. The Morgan fingerprint density at radius 1 is 1.26 bits per heavy atom. The average Bonchev–Trinajstić information content (AvgIpc) is 3.04. The Morgan fingerprint density at radius 3 is 2.81 bits per heavy atom. The molecule has 0 aliphatic carbocycles. The van der Waals surface area contributed by atoms with Crippen molar-refractivity contribution in [2.75, 3.05) is 0 Å². The molecule has 27 heavy (non-hydrogen) atoms. The molecule has 0 bridgehead atoms. The van der Waals surface area contributed by atoms with E-state index in [-0.39, 0.29) is 16.2 Å². The maximum Gasteiger partial charge on any atom is 0.262 e. The molecule has 134 valence electrons. The lowest BCUT2D eigenvalue weighted by Gasteiger charge is -2.12. The minimum Gasteiger partial charge on any atom is -0.494 e. The Morgan fingerprint density at radius 2 is 2.04 bits per heavy atom. The number of aryl methyl sites for hydroxylation is 1. The van der Waals surface area contributed by atoms with Crippen LogP contribution in [-0.2, 0) is 0 Å². The number of aromatic hydroxyl groups is 1. The van der Waals surface area contributed by atoms with Crippen molar-refractivity contribution in [1.29, 1.82) is 0 Å². The Balaban J connectivity index is 1.92. The zero-order chi connectivity index (χ0) is 19.1. The van der Waals surface area contributed by atoms with Crippen LogP contribution < -0.4 is 5.56 Å². The minimum atomic E-state index is -0.475. The first kappa shape index (κ1) is 17.5. The van der Waals surface area contributed by atoms with Crippen molar-refractivity contribution in [3.05, 3.63) is 79.3 Å². The molecule has 4 rings (SSSR count). The molecule has 2 N–H and O–H groups in total. The summed E-state index contributed by atoms with van der Waals surface area (Å²) in [7, 11) is 0. The Kier molecular flexibility index (Phi) is 4.30. The number of para-hydroxylation sites is 1. The number of hydrogen-bond donors (Lipinski definition) is 2. The number of aromatic amines is 1. The first-order valence-electron chi connectivity index (χ1n) is 8.15. The maximum atomic E-state index is 12.5. The Labute approximate surface area is 164 Å². The van der Waals surface area contributed by atoms with Crippen LogP contribution >= 0.6 is 23.8 Å². The number of fused-ring (bicyclic) bond motifs is 1. The number of nitrogens with one attached hydrogen (secondary N) is 1. The monoisotopic (exact) mass is 395 g/mol. The van der Waals surface area contributed by atoms with Crippen molar-refractivity contribution < 1.29 is 5.11 Å². The van der Waals surface area contributed by atoms with Crippen LogP contribution in [0.5, 0.6) is 5.88 Å². The van der Waals surface area contributed by atoms with Crippen molar-refractivity contribution in [1.82, 2.24) is 9.55 Å². The summed E-state index contributed by atoms with van der Waals surface area (Å²) in [5.74, 6) is -0.256. The van der Waals surface area contributed by atoms with Gasteiger partial charge in [0.05, 0.1) is 11.4 Å². The van der Waals surface area contributed by atoms with Gasteiger partial charge >= 0.3 is 0 Å². The van der Waals surface area contributed by atoms with Crippen molar-refractivity contribution in [3.8, 4) is 11.6 Å². The Bertz CT molecular complexity index is 1250. The van der Waals surface area contributed by atoms with E-state index >= 15 is 0 Å². The molecule has 1 aliphatic rings. The first-order chi connectivity index (χ1) is 13.0. The lowest BCUT2D eigenvalue weighted by Crippen LogP contribution is -2.16. The zero-order valence-electron chi connectivity index (χ0n) is 14.2. The standard InChI is InChI=1S/C20H14ClN3O2S/c1-11-6-7-13(9-16(11)21)24-19(26)15(18(25)23-20(24)27)8-12-10-22-17-5-3-2-4-14(12)17/h2-10,26H,1H3,(H,23,25,27).